The van der Waals surface area contributed by atoms with E-state index in [1.54, 1.807) is 43.1 Å². The van der Waals surface area contributed by atoms with Crippen molar-refractivity contribution in [2.45, 2.75) is 78.0 Å². The second-order valence-electron chi connectivity index (χ2n) is 10.3. The van der Waals surface area contributed by atoms with Gasteiger partial charge in [-0.2, -0.15) is 5.10 Å². The molecule has 1 saturated heterocycles. The molecule has 1 aromatic carbocycles. The van der Waals surface area contributed by atoms with Crippen LogP contribution in [0.1, 0.15) is 68.5 Å². The summed E-state index contributed by atoms with van der Waals surface area (Å²) in [5.74, 6) is 0.318. The molecule has 0 radical (unpaired) electrons. The molecule has 34 heavy (non-hydrogen) atoms. The zero-order valence-corrected chi connectivity index (χ0v) is 20.2. The number of aromatic nitrogens is 4. The highest BCUT2D eigenvalue weighted by Crippen LogP contribution is 2.45. The number of rotatable bonds is 2. The molecule has 0 saturated carbocycles. The molecule has 8 nitrogen and oxygen atoms in total. The van der Waals surface area contributed by atoms with Crippen molar-refractivity contribution in [3.05, 3.63) is 63.2 Å². The van der Waals surface area contributed by atoms with Crippen LogP contribution in [0.2, 0.25) is 0 Å². The second-order valence-corrected chi connectivity index (χ2v) is 10.3. The number of aromatic amines is 1. The number of H-pyrrole nitrogens is 1. The molecule has 1 N–H and O–H groups in total. The van der Waals surface area contributed by atoms with Gasteiger partial charge in [-0.25, -0.2) is 18.7 Å². The van der Waals surface area contributed by atoms with Crippen LogP contribution < -0.4 is 5.69 Å². The number of halogens is 1. The number of imidazole rings is 1. The number of carbonyl (C=O) groups excluding carboxylic acids is 1. The van der Waals surface area contributed by atoms with Gasteiger partial charge in [0.2, 0.25) is 0 Å². The molecule has 180 valence electrons. The predicted molar refractivity (Wildman–Crippen MR) is 125 cm³/mol. The summed E-state index contributed by atoms with van der Waals surface area (Å²) < 4.78 is 23.4. The van der Waals surface area contributed by atoms with Crippen LogP contribution in [0.4, 0.5) is 9.18 Å². The summed E-state index contributed by atoms with van der Waals surface area (Å²) in [6, 6.07) is 3.20. The van der Waals surface area contributed by atoms with Gasteiger partial charge in [-0.05, 0) is 77.1 Å². The maximum absolute atomic E-state index is 14.4. The van der Waals surface area contributed by atoms with Gasteiger partial charge in [0.1, 0.15) is 17.2 Å². The Balaban J connectivity index is 1.72. The fourth-order valence-electron chi connectivity index (χ4n) is 5.28. The summed E-state index contributed by atoms with van der Waals surface area (Å²) in [7, 11) is 0. The van der Waals surface area contributed by atoms with E-state index in [2.05, 4.69) is 4.98 Å². The summed E-state index contributed by atoms with van der Waals surface area (Å²) in [6.07, 6.45) is 6.05. The minimum atomic E-state index is -0.612. The van der Waals surface area contributed by atoms with E-state index >= 15 is 0 Å². The number of benzene rings is 1. The first-order valence-corrected chi connectivity index (χ1v) is 11.7. The van der Waals surface area contributed by atoms with E-state index in [1.807, 2.05) is 25.7 Å². The number of aryl methyl sites for hydroxylation is 2. The van der Waals surface area contributed by atoms with Crippen molar-refractivity contribution in [3.8, 4) is 11.5 Å². The Hall–Kier alpha value is -3.36. The van der Waals surface area contributed by atoms with Crippen LogP contribution in [0.5, 0.6) is 0 Å². The van der Waals surface area contributed by atoms with Crippen molar-refractivity contribution in [1.82, 2.24) is 24.2 Å². The number of nitrogens with one attached hydrogen (secondary N) is 1. The molecule has 9 heteroatoms. The lowest BCUT2D eigenvalue weighted by atomic mass is 9.83. The third kappa shape index (κ3) is 3.63. The van der Waals surface area contributed by atoms with Crippen molar-refractivity contribution in [2.75, 3.05) is 0 Å². The average molecular weight is 468 g/mol. The van der Waals surface area contributed by atoms with Crippen LogP contribution in [0, 0.1) is 19.7 Å². The zero-order chi connectivity index (χ0) is 24.4. The molecule has 2 atom stereocenters. The predicted octanol–water partition coefficient (Wildman–Crippen LogP) is 4.49. The standard InChI is InChI=1S/C25H30FN5O3/c1-14-11-17(12-15(2)21(14)26)31-22(29-10-9-27-23(29)32)20-18(28-31)13-16-7-6-8-19(20)30(16)24(33)34-25(3,4)5/h9-12,16,19H,6-8,13H2,1-5H3,(H,27,32)/t16-,19+/m0/s1. The summed E-state index contributed by atoms with van der Waals surface area (Å²) in [6.45, 7) is 9.01. The van der Waals surface area contributed by atoms with Crippen LogP contribution in [0.25, 0.3) is 11.5 Å². The smallest absolute Gasteiger partial charge is 0.411 e. The number of hydrogen-bond donors (Lipinski definition) is 1. The molecule has 3 aromatic rings. The number of amides is 1. The lowest BCUT2D eigenvalue weighted by Gasteiger charge is -2.45. The minimum Gasteiger partial charge on any atom is -0.444 e. The topological polar surface area (TPSA) is 85.2 Å². The molecule has 4 heterocycles. The number of ether oxygens (including phenoxy) is 1. The van der Waals surface area contributed by atoms with Gasteiger partial charge >= 0.3 is 11.8 Å². The Morgan fingerprint density at radius 3 is 2.53 bits per heavy atom. The Labute approximate surface area is 197 Å². The maximum Gasteiger partial charge on any atom is 0.411 e. The highest BCUT2D eigenvalue weighted by atomic mass is 19.1. The molecular weight excluding hydrogens is 437 g/mol. The Morgan fingerprint density at radius 1 is 1.21 bits per heavy atom. The normalized spacial score (nSPS) is 19.8. The average Bonchev–Trinajstić information content (AvgIpc) is 3.32. The van der Waals surface area contributed by atoms with E-state index in [9.17, 15) is 14.0 Å². The molecule has 1 amide bonds. The van der Waals surface area contributed by atoms with Gasteiger partial charge in [-0.1, -0.05) is 0 Å². The zero-order valence-electron chi connectivity index (χ0n) is 20.2. The first kappa shape index (κ1) is 22.4. The third-order valence-electron chi connectivity index (χ3n) is 6.63. The fraction of sp³-hybridized carbons (Fsp3) is 0.480. The quantitative estimate of drug-likeness (QED) is 0.602. The molecular formula is C25H30FN5O3. The lowest BCUT2D eigenvalue weighted by molar-refractivity contribution is -0.00973. The van der Waals surface area contributed by atoms with Gasteiger partial charge in [-0.3, -0.25) is 9.47 Å². The molecule has 5 rings (SSSR count). The summed E-state index contributed by atoms with van der Waals surface area (Å²) in [5, 5.41) is 4.92. The van der Waals surface area contributed by atoms with Crippen LogP contribution in [-0.4, -0.2) is 42.0 Å². The minimum absolute atomic E-state index is 0.0167. The van der Waals surface area contributed by atoms with Gasteiger partial charge in [0, 0.05) is 30.4 Å². The Kier molecular flexibility index (Phi) is 5.18. The Bertz CT molecular complexity index is 1310. The van der Waals surface area contributed by atoms with Crippen molar-refractivity contribution in [1.29, 1.82) is 0 Å². The van der Waals surface area contributed by atoms with Gasteiger partial charge in [0.15, 0.2) is 0 Å². The van der Waals surface area contributed by atoms with Crippen LogP contribution in [0.15, 0.2) is 29.3 Å². The van der Waals surface area contributed by atoms with Gasteiger partial charge in [0.05, 0.1) is 17.4 Å². The number of fused-ring (bicyclic) bond motifs is 4. The highest BCUT2D eigenvalue weighted by molar-refractivity contribution is 5.71. The number of nitrogens with zero attached hydrogens (tertiary/aromatic N) is 4. The van der Waals surface area contributed by atoms with Crippen molar-refractivity contribution in [3.63, 3.8) is 0 Å². The van der Waals surface area contributed by atoms with E-state index in [0.29, 0.717) is 29.1 Å². The van der Waals surface area contributed by atoms with Gasteiger partial charge in [0.25, 0.3) is 0 Å². The summed E-state index contributed by atoms with van der Waals surface area (Å²) in [4.78, 5) is 30.6. The third-order valence-corrected chi connectivity index (χ3v) is 6.63. The molecule has 2 bridgehead atoms. The lowest BCUT2D eigenvalue weighted by Crippen LogP contribution is -2.51. The van der Waals surface area contributed by atoms with Crippen LogP contribution in [-0.2, 0) is 11.2 Å². The highest BCUT2D eigenvalue weighted by Gasteiger charge is 2.45. The Morgan fingerprint density at radius 2 is 1.91 bits per heavy atom. The van der Waals surface area contributed by atoms with Crippen LogP contribution >= 0.6 is 0 Å². The summed E-state index contributed by atoms with van der Waals surface area (Å²) in [5.41, 5.74) is 2.48. The molecule has 0 spiro atoms. The SMILES string of the molecule is Cc1cc(-n2nc3c(c2-n2cc[nH]c2=O)[C@H]2CCC[C@@H](C3)N2C(=O)OC(C)(C)C)cc(C)c1F. The van der Waals surface area contributed by atoms with Crippen molar-refractivity contribution < 1.29 is 13.9 Å². The fourth-order valence-corrected chi connectivity index (χ4v) is 5.28. The molecule has 0 aliphatic carbocycles. The van der Waals surface area contributed by atoms with Gasteiger partial charge < -0.3 is 9.72 Å². The van der Waals surface area contributed by atoms with E-state index < -0.39 is 5.60 Å². The first-order valence-electron chi connectivity index (χ1n) is 11.7. The molecule has 0 unspecified atom stereocenters. The summed E-state index contributed by atoms with van der Waals surface area (Å²) >= 11 is 0. The largest absolute Gasteiger partial charge is 0.444 e. The first-order chi connectivity index (χ1) is 16.0. The maximum atomic E-state index is 14.4. The molecule has 2 aromatic heterocycles. The van der Waals surface area contributed by atoms with Crippen molar-refractivity contribution >= 4 is 6.09 Å². The van der Waals surface area contributed by atoms with Crippen LogP contribution in [0.3, 0.4) is 0 Å². The number of hydrogen-bond acceptors (Lipinski definition) is 4. The molecule has 1 fully saturated rings. The van der Waals surface area contributed by atoms with E-state index in [-0.39, 0.29) is 29.7 Å². The van der Waals surface area contributed by atoms with E-state index in [1.165, 1.54) is 4.57 Å². The number of carbonyl (C=O) groups is 1. The second kappa shape index (κ2) is 7.85. The van der Waals surface area contributed by atoms with E-state index in [4.69, 9.17) is 9.84 Å². The monoisotopic (exact) mass is 467 g/mol. The van der Waals surface area contributed by atoms with Gasteiger partial charge in [-0.15, -0.1) is 0 Å². The molecule has 2 aliphatic rings. The van der Waals surface area contributed by atoms with E-state index in [0.717, 1.165) is 30.5 Å². The van der Waals surface area contributed by atoms with Crippen molar-refractivity contribution in [2.24, 2.45) is 0 Å². The molecule has 2 aliphatic heterocycles. The number of piperidine rings is 1.